The highest BCUT2D eigenvalue weighted by Crippen LogP contribution is 2.16. The lowest BCUT2D eigenvalue weighted by Crippen LogP contribution is -2.21. The van der Waals surface area contributed by atoms with Crippen LogP contribution < -0.4 is 5.32 Å². The van der Waals surface area contributed by atoms with Crippen molar-refractivity contribution < 1.29 is 14.0 Å². The summed E-state index contributed by atoms with van der Waals surface area (Å²) in [6, 6.07) is 13.3. The number of nitrogens with zero attached hydrogens (tertiary/aromatic N) is 1. The molecule has 6 heteroatoms. The number of benzene rings is 2. The first-order chi connectivity index (χ1) is 11.5. The van der Waals surface area contributed by atoms with Crippen LogP contribution >= 0.6 is 11.8 Å². The number of amides is 2. The highest BCUT2D eigenvalue weighted by Gasteiger charge is 2.09. The van der Waals surface area contributed by atoms with Gasteiger partial charge in [-0.1, -0.05) is 18.2 Å². The minimum atomic E-state index is -0.258. The van der Waals surface area contributed by atoms with E-state index in [2.05, 4.69) is 5.32 Å². The predicted molar refractivity (Wildman–Crippen MR) is 95.7 cm³/mol. The molecule has 0 aliphatic carbocycles. The van der Waals surface area contributed by atoms with Crippen molar-refractivity contribution in [2.75, 3.05) is 25.2 Å². The summed E-state index contributed by atoms with van der Waals surface area (Å²) < 4.78 is 13.5. The molecule has 0 radical (unpaired) electrons. The molecule has 2 aromatic rings. The second-order valence-corrected chi connectivity index (χ2v) is 6.39. The Balaban J connectivity index is 1.82. The molecule has 0 saturated heterocycles. The zero-order valence-corrected chi connectivity index (χ0v) is 14.4. The van der Waals surface area contributed by atoms with Crippen molar-refractivity contribution in [3.63, 3.8) is 0 Å². The minimum Gasteiger partial charge on any atom is -0.345 e. The summed E-state index contributed by atoms with van der Waals surface area (Å²) in [5, 5.41) is 2.76. The Kier molecular flexibility index (Phi) is 6.37. The van der Waals surface area contributed by atoms with Gasteiger partial charge >= 0.3 is 0 Å². The number of carbonyl (C=O) groups is 2. The van der Waals surface area contributed by atoms with E-state index in [4.69, 9.17) is 0 Å². The van der Waals surface area contributed by atoms with Gasteiger partial charge in [0.05, 0.1) is 5.75 Å². The van der Waals surface area contributed by atoms with Crippen LogP contribution in [-0.4, -0.2) is 36.6 Å². The zero-order valence-electron chi connectivity index (χ0n) is 13.6. The molecular formula is C18H19FN2O2S. The Bertz CT molecular complexity index is 717. The van der Waals surface area contributed by atoms with Crippen LogP contribution in [-0.2, 0) is 10.5 Å². The van der Waals surface area contributed by atoms with E-state index in [-0.39, 0.29) is 23.4 Å². The molecule has 0 heterocycles. The lowest BCUT2D eigenvalue weighted by molar-refractivity contribution is -0.113. The molecule has 2 rings (SSSR count). The van der Waals surface area contributed by atoms with Crippen LogP contribution in [0.3, 0.4) is 0 Å². The summed E-state index contributed by atoms with van der Waals surface area (Å²) in [5.74, 6) is 0.159. The van der Waals surface area contributed by atoms with Crippen LogP contribution in [0.15, 0.2) is 48.5 Å². The van der Waals surface area contributed by atoms with Gasteiger partial charge in [0, 0.05) is 31.1 Å². The van der Waals surface area contributed by atoms with Gasteiger partial charge < -0.3 is 10.2 Å². The summed E-state index contributed by atoms with van der Waals surface area (Å²) in [6.45, 7) is 0. The topological polar surface area (TPSA) is 49.4 Å². The Morgan fingerprint density at radius 3 is 2.38 bits per heavy atom. The minimum absolute atomic E-state index is 0.0895. The maximum atomic E-state index is 13.5. The van der Waals surface area contributed by atoms with E-state index in [0.29, 0.717) is 22.6 Å². The average molecular weight is 346 g/mol. The third kappa shape index (κ3) is 5.09. The maximum Gasteiger partial charge on any atom is 0.253 e. The van der Waals surface area contributed by atoms with Crippen LogP contribution in [0.4, 0.5) is 10.1 Å². The SMILES string of the molecule is CN(C)C(=O)c1ccc(NC(=O)CSCc2ccccc2F)cc1. The summed E-state index contributed by atoms with van der Waals surface area (Å²) in [5.41, 5.74) is 1.77. The molecule has 0 bridgehead atoms. The molecule has 0 aliphatic heterocycles. The van der Waals surface area contributed by atoms with Crippen LogP contribution in [0.25, 0.3) is 0 Å². The molecule has 126 valence electrons. The molecule has 0 atom stereocenters. The number of hydrogen-bond donors (Lipinski definition) is 1. The summed E-state index contributed by atoms with van der Waals surface area (Å²) in [4.78, 5) is 25.2. The number of halogens is 1. The highest BCUT2D eigenvalue weighted by molar-refractivity contribution is 7.99. The van der Waals surface area contributed by atoms with E-state index in [1.807, 2.05) is 0 Å². The molecule has 0 saturated carbocycles. The third-order valence-electron chi connectivity index (χ3n) is 3.27. The number of nitrogens with one attached hydrogen (secondary N) is 1. The fraction of sp³-hybridized carbons (Fsp3) is 0.222. The number of hydrogen-bond acceptors (Lipinski definition) is 3. The second kappa shape index (κ2) is 8.49. The third-order valence-corrected chi connectivity index (χ3v) is 4.25. The first-order valence-electron chi connectivity index (χ1n) is 7.40. The molecule has 1 N–H and O–H groups in total. The number of rotatable bonds is 6. The fourth-order valence-electron chi connectivity index (χ4n) is 2.02. The molecule has 0 spiro atoms. The van der Waals surface area contributed by atoms with Gasteiger partial charge in [-0.25, -0.2) is 4.39 Å². The van der Waals surface area contributed by atoms with E-state index in [9.17, 15) is 14.0 Å². The second-order valence-electron chi connectivity index (χ2n) is 5.41. The van der Waals surface area contributed by atoms with Crippen LogP contribution in [0.5, 0.6) is 0 Å². The standard InChI is InChI=1S/C18H19FN2O2S/c1-21(2)18(23)13-7-9-15(10-8-13)20-17(22)12-24-11-14-5-3-4-6-16(14)19/h3-10H,11-12H2,1-2H3,(H,20,22). The molecule has 0 fully saturated rings. The summed E-state index contributed by atoms with van der Waals surface area (Å²) in [6.07, 6.45) is 0. The summed E-state index contributed by atoms with van der Waals surface area (Å²) in [7, 11) is 3.37. The van der Waals surface area contributed by atoms with Gasteiger partial charge in [-0.05, 0) is 35.9 Å². The van der Waals surface area contributed by atoms with E-state index in [1.54, 1.807) is 56.6 Å². The van der Waals surface area contributed by atoms with Gasteiger partial charge in [-0.2, -0.15) is 0 Å². The molecule has 0 unspecified atom stereocenters. The van der Waals surface area contributed by atoms with E-state index in [1.165, 1.54) is 22.7 Å². The number of carbonyl (C=O) groups excluding carboxylic acids is 2. The van der Waals surface area contributed by atoms with Gasteiger partial charge in [0.25, 0.3) is 5.91 Å². The quantitative estimate of drug-likeness (QED) is 0.872. The molecule has 2 aromatic carbocycles. The van der Waals surface area contributed by atoms with Gasteiger partial charge in [0.2, 0.25) is 5.91 Å². The predicted octanol–water partition coefficient (Wildman–Crippen LogP) is 3.40. The average Bonchev–Trinajstić information content (AvgIpc) is 2.56. The van der Waals surface area contributed by atoms with Gasteiger partial charge in [0.15, 0.2) is 0 Å². The molecule has 0 aromatic heterocycles. The number of thioether (sulfide) groups is 1. The molecule has 0 aliphatic rings. The Morgan fingerprint density at radius 2 is 1.75 bits per heavy atom. The maximum absolute atomic E-state index is 13.5. The van der Waals surface area contributed by atoms with Crippen LogP contribution in [0.1, 0.15) is 15.9 Å². The monoisotopic (exact) mass is 346 g/mol. The highest BCUT2D eigenvalue weighted by atomic mass is 32.2. The first-order valence-corrected chi connectivity index (χ1v) is 8.55. The van der Waals surface area contributed by atoms with Gasteiger partial charge in [0.1, 0.15) is 5.82 Å². The fourth-order valence-corrected chi connectivity index (χ4v) is 2.83. The van der Waals surface area contributed by atoms with Crippen molar-refractivity contribution >= 4 is 29.3 Å². The van der Waals surface area contributed by atoms with E-state index in [0.717, 1.165) is 0 Å². The van der Waals surface area contributed by atoms with E-state index >= 15 is 0 Å². The van der Waals surface area contributed by atoms with Gasteiger partial charge in [-0.3, -0.25) is 9.59 Å². The lowest BCUT2D eigenvalue weighted by atomic mass is 10.2. The Morgan fingerprint density at radius 1 is 1.08 bits per heavy atom. The van der Waals surface area contributed by atoms with Crippen LogP contribution in [0.2, 0.25) is 0 Å². The van der Waals surface area contributed by atoms with Crippen molar-refractivity contribution in [3.05, 3.63) is 65.5 Å². The number of anilines is 1. The molecular weight excluding hydrogens is 327 g/mol. The van der Waals surface area contributed by atoms with Crippen molar-refractivity contribution in [2.24, 2.45) is 0 Å². The van der Waals surface area contributed by atoms with Crippen LogP contribution in [0, 0.1) is 5.82 Å². The zero-order chi connectivity index (χ0) is 17.5. The summed E-state index contributed by atoms with van der Waals surface area (Å²) >= 11 is 1.35. The normalized spacial score (nSPS) is 10.3. The Labute approximate surface area is 145 Å². The lowest BCUT2D eigenvalue weighted by Gasteiger charge is -2.11. The van der Waals surface area contributed by atoms with Crippen molar-refractivity contribution in [3.8, 4) is 0 Å². The smallest absolute Gasteiger partial charge is 0.253 e. The molecule has 2 amide bonds. The first kappa shape index (κ1) is 18.0. The van der Waals surface area contributed by atoms with Crippen molar-refractivity contribution in [1.29, 1.82) is 0 Å². The van der Waals surface area contributed by atoms with Gasteiger partial charge in [-0.15, -0.1) is 11.8 Å². The molecule has 24 heavy (non-hydrogen) atoms. The Hall–Kier alpha value is -2.34. The largest absolute Gasteiger partial charge is 0.345 e. The molecule has 4 nitrogen and oxygen atoms in total. The van der Waals surface area contributed by atoms with Crippen molar-refractivity contribution in [2.45, 2.75) is 5.75 Å². The van der Waals surface area contributed by atoms with E-state index < -0.39 is 0 Å². The van der Waals surface area contributed by atoms with Crippen molar-refractivity contribution in [1.82, 2.24) is 4.90 Å².